The van der Waals surface area contributed by atoms with Gasteiger partial charge in [0.15, 0.2) is 0 Å². The zero-order chi connectivity index (χ0) is 9.19. The van der Waals surface area contributed by atoms with Crippen LogP contribution in [0.15, 0.2) is 0 Å². The van der Waals surface area contributed by atoms with E-state index in [9.17, 15) is 0 Å². The highest BCUT2D eigenvalue weighted by atomic mass is 79.9. The van der Waals surface area contributed by atoms with Crippen LogP contribution in [0.25, 0.3) is 0 Å². The van der Waals surface area contributed by atoms with Crippen LogP contribution >= 0.6 is 31.9 Å². The van der Waals surface area contributed by atoms with Crippen molar-refractivity contribution >= 4 is 31.9 Å². The van der Waals surface area contributed by atoms with Crippen LogP contribution in [0.4, 0.5) is 0 Å². The van der Waals surface area contributed by atoms with Gasteiger partial charge in [0.2, 0.25) is 0 Å². The minimum Gasteiger partial charge on any atom is -0.380 e. The molecule has 0 amide bonds. The fraction of sp³-hybridized carbons (Fsp3) is 1.00. The van der Waals surface area contributed by atoms with Crippen molar-refractivity contribution in [2.75, 3.05) is 13.2 Å². The van der Waals surface area contributed by atoms with Gasteiger partial charge in [0, 0.05) is 15.1 Å². The molecule has 0 N–H and O–H groups in total. The Hall–Kier alpha value is 0.920. The number of hydrogen-bond acceptors (Lipinski definition) is 1. The summed E-state index contributed by atoms with van der Waals surface area (Å²) in [6, 6.07) is 0. The van der Waals surface area contributed by atoms with Gasteiger partial charge in [0.25, 0.3) is 0 Å². The van der Waals surface area contributed by atoms with Crippen molar-refractivity contribution in [3.63, 3.8) is 0 Å². The van der Waals surface area contributed by atoms with E-state index in [0.717, 1.165) is 13.2 Å². The Morgan fingerprint density at radius 3 is 1.75 bits per heavy atom. The minimum atomic E-state index is 0.351. The van der Waals surface area contributed by atoms with Crippen LogP contribution < -0.4 is 0 Å². The molecule has 2 atom stereocenters. The Balaban J connectivity index is 2.61. The highest BCUT2D eigenvalue weighted by molar-refractivity contribution is 9.10. The van der Waals surface area contributed by atoms with E-state index in [1.54, 1.807) is 0 Å². The van der Waals surface area contributed by atoms with E-state index < -0.39 is 0 Å². The van der Waals surface area contributed by atoms with Crippen LogP contribution in [0, 0.1) is 5.41 Å². The smallest absolute Gasteiger partial charge is 0.0566 e. The van der Waals surface area contributed by atoms with Crippen LogP contribution in [0.3, 0.4) is 0 Å². The molecule has 0 saturated carbocycles. The van der Waals surface area contributed by atoms with E-state index in [-0.39, 0.29) is 0 Å². The first-order valence-corrected chi connectivity index (χ1v) is 6.36. The Bertz CT molecular complexity index is 133. The maximum Gasteiger partial charge on any atom is 0.0566 e. The lowest BCUT2D eigenvalue weighted by atomic mass is 9.77. The molecule has 0 spiro atoms. The summed E-state index contributed by atoms with van der Waals surface area (Å²) in [7, 11) is 0. The predicted molar refractivity (Wildman–Crippen MR) is 59.3 cm³/mol. The molecule has 1 aliphatic heterocycles. The lowest BCUT2D eigenvalue weighted by Gasteiger charge is -2.48. The Kier molecular flexibility index (Phi) is 4.06. The quantitative estimate of drug-likeness (QED) is 0.724. The summed E-state index contributed by atoms with van der Waals surface area (Å²) in [6.45, 7) is 6.24. The summed E-state index contributed by atoms with van der Waals surface area (Å²) in [6.07, 6.45) is 2.34. The molecule has 1 aliphatic rings. The maximum absolute atomic E-state index is 5.32. The molecule has 2 unspecified atom stereocenters. The molecule has 1 fully saturated rings. The van der Waals surface area contributed by atoms with Gasteiger partial charge in [-0.05, 0) is 12.8 Å². The first-order valence-electron chi connectivity index (χ1n) is 4.53. The van der Waals surface area contributed by atoms with Gasteiger partial charge in [-0.1, -0.05) is 45.7 Å². The summed E-state index contributed by atoms with van der Waals surface area (Å²) in [5.74, 6) is 0. The first kappa shape index (κ1) is 11.0. The van der Waals surface area contributed by atoms with Crippen molar-refractivity contribution < 1.29 is 4.74 Å². The maximum atomic E-state index is 5.32. The predicted octanol–water partition coefficient (Wildman–Crippen LogP) is 3.35. The molecule has 72 valence electrons. The van der Waals surface area contributed by atoms with Gasteiger partial charge in [-0.25, -0.2) is 0 Å². The molecule has 1 nitrogen and oxygen atoms in total. The van der Waals surface area contributed by atoms with E-state index in [2.05, 4.69) is 45.7 Å². The summed E-state index contributed by atoms with van der Waals surface area (Å²) in [4.78, 5) is 1.17. The van der Waals surface area contributed by atoms with Crippen LogP contribution in [0.2, 0.25) is 0 Å². The molecule has 0 aromatic rings. The van der Waals surface area contributed by atoms with E-state index in [0.29, 0.717) is 15.1 Å². The molecule has 0 aromatic heterocycles. The largest absolute Gasteiger partial charge is 0.380 e. The van der Waals surface area contributed by atoms with Crippen molar-refractivity contribution in [3.8, 4) is 0 Å². The monoisotopic (exact) mass is 298 g/mol. The molecule has 3 heteroatoms. The second-order valence-corrected chi connectivity index (χ2v) is 5.69. The zero-order valence-electron chi connectivity index (χ0n) is 7.65. The topological polar surface area (TPSA) is 9.23 Å². The molecule has 0 aliphatic carbocycles. The van der Waals surface area contributed by atoms with E-state index in [1.165, 1.54) is 12.8 Å². The van der Waals surface area contributed by atoms with Gasteiger partial charge in [-0.15, -0.1) is 0 Å². The van der Waals surface area contributed by atoms with Crippen molar-refractivity contribution in [2.45, 2.75) is 36.3 Å². The Morgan fingerprint density at radius 1 is 1.17 bits per heavy atom. The third-order valence-electron chi connectivity index (χ3n) is 2.71. The number of ether oxygens (including phenoxy) is 1. The number of hydrogen-bond donors (Lipinski definition) is 0. The van der Waals surface area contributed by atoms with Crippen molar-refractivity contribution in [1.82, 2.24) is 0 Å². The minimum absolute atomic E-state index is 0.351. The van der Waals surface area contributed by atoms with Gasteiger partial charge in [-0.3, -0.25) is 0 Å². The summed E-state index contributed by atoms with van der Waals surface area (Å²) in [5.41, 5.74) is 0.351. The van der Waals surface area contributed by atoms with E-state index in [4.69, 9.17) is 4.74 Å². The van der Waals surface area contributed by atoms with Gasteiger partial charge < -0.3 is 4.74 Å². The Morgan fingerprint density at radius 2 is 1.58 bits per heavy atom. The molecule has 1 saturated heterocycles. The number of alkyl halides is 2. The third-order valence-corrected chi connectivity index (χ3v) is 5.82. The molecule has 0 radical (unpaired) electrons. The second kappa shape index (κ2) is 4.43. The summed E-state index contributed by atoms with van der Waals surface area (Å²) in [5, 5.41) is 0. The van der Waals surface area contributed by atoms with Crippen molar-refractivity contribution in [1.29, 1.82) is 0 Å². The lowest BCUT2D eigenvalue weighted by molar-refractivity contribution is -0.112. The number of rotatable bonds is 4. The van der Waals surface area contributed by atoms with Crippen LogP contribution in [-0.4, -0.2) is 22.9 Å². The van der Waals surface area contributed by atoms with Crippen LogP contribution in [0.1, 0.15) is 26.7 Å². The normalized spacial score (nSPS) is 26.0. The summed E-state index contributed by atoms with van der Waals surface area (Å²) >= 11 is 7.48. The fourth-order valence-corrected chi connectivity index (χ4v) is 3.23. The second-order valence-electron chi connectivity index (χ2n) is 3.48. The zero-order valence-corrected chi connectivity index (χ0v) is 10.8. The highest BCUT2D eigenvalue weighted by Crippen LogP contribution is 2.44. The summed E-state index contributed by atoms with van der Waals surface area (Å²) < 4.78 is 5.32. The first-order chi connectivity index (χ1) is 5.67. The van der Waals surface area contributed by atoms with E-state index in [1.807, 2.05) is 0 Å². The molecular weight excluding hydrogens is 284 g/mol. The average molecular weight is 300 g/mol. The standard InChI is InChI=1S/C9H16Br2O/c1-3-7(10)9(5-12-6-9)8(11)4-2/h7-8H,3-6H2,1-2H3. The van der Waals surface area contributed by atoms with Crippen LogP contribution in [0.5, 0.6) is 0 Å². The Labute approximate surface area is 91.5 Å². The van der Waals surface area contributed by atoms with Gasteiger partial charge in [0.1, 0.15) is 0 Å². The fourth-order valence-electron chi connectivity index (χ4n) is 1.71. The van der Waals surface area contributed by atoms with Gasteiger partial charge in [-0.2, -0.15) is 0 Å². The molecule has 1 heterocycles. The SMILES string of the molecule is CCC(Br)C1(C(Br)CC)COC1. The van der Waals surface area contributed by atoms with Gasteiger partial charge in [0.05, 0.1) is 13.2 Å². The molecule has 1 rings (SSSR count). The van der Waals surface area contributed by atoms with Gasteiger partial charge >= 0.3 is 0 Å². The average Bonchev–Trinajstić information content (AvgIpc) is 2.01. The third kappa shape index (κ3) is 1.73. The van der Waals surface area contributed by atoms with Crippen molar-refractivity contribution in [2.24, 2.45) is 5.41 Å². The molecular formula is C9H16Br2O. The van der Waals surface area contributed by atoms with E-state index >= 15 is 0 Å². The number of halogens is 2. The molecule has 0 bridgehead atoms. The highest BCUT2D eigenvalue weighted by Gasteiger charge is 2.48. The lowest BCUT2D eigenvalue weighted by Crippen LogP contribution is -2.54. The van der Waals surface area contributed by atoms with Crippen molar-refractivity contribution in [3.05, 3.63) is 0 Å². The molecule has 0 aromatic carbocycles. The molecule has 12 heavy (non-hydrogen) atoms. The van der Waals surface area contributed by atoms with Crippen LogP contribution in [-0.2, 0) is 4.74 Å².